The van der Waals surface area contributed by atoms with Crippen molar-refractivity contribution >= 4 is 28.4 Å². The van der Waals surface area contributed by atoms with Gasteiger partial charge in [0.25, 0.3) is 5.91 Å². The molecule has 0 spiro atoms. The zero-order valence-corrected chi connectivity index (χ0v) is 14.8. The molecule has 6 nitrogen and oxygen atoms in total. The highest BCUT2D eigenvalue weighted by atomic mass is 16.5. The summed E-state index contributed by atoms with van der Waals surface area (Å²) in [5, 5.41) is 8.34. The van der Waals surface area contributed by atoms with Crippen molar-refractivity contribution in [3.05, 3.63) is 60.4 Å². The number of anilines is 1. The molecule has 0 atom stereocenters. The van der Waals surface area contributed by atoms with Crippen LogP contribution in [-0.4, -0.2) is 35.0 Å². The van der Waals surface area contributed by atoms with E-state index in [2.05, 4.69) is 10.5 Å². The lowest BCUT2D eigenvalue weighted by Gasteiger charge is -2.24. The van der Waals surface area contributed by atoms with Crippen molar-refractivity contribution in [2.45, 2.75) is 13.8 Å². The largest absolute Gasteiger partial charge is 0.363 e. The van der Waals surface area contributed by atoms with Gasteiger partial charge in [0.2, 0.25) is 5.91 Å². The lowest BCUT2D eigenvalue weighted by Crippen LogP contribution is -2.40. The van der Waals surface area contributed by atoms with Crippen LogP contribution in [0.4, 0.5) is 5.82 Å². The fourth-order valence-corrected chi connectivity index (χ4v) is 2.80. The van der Waals surface area contributed by atoms with E-state index in [0.29, 0.717) is 17.9 Å². The summed E-state index contributed by atoms with van der Waals surface area (Å²) in [5.74, 6) is 0.0883. The molecule has 1 aromatic heterocycles. The number of amides is 2. The summed E-state index contributed by atoms with van der Waals surface area (Å²) in [5.41, 5.74) is 0.568. The van der Waals surface area contributed by atoms with Gasteiger partial charge in [0.15, 0.2) is 5.82 Å². The number of aromatic nitrogens is 1. The van der Waals surface area contributed by atoms with Gasteiger partial charge < -0.3 is 14.7 Å². The van der Waals surface area contributed by atoms with Gasteiger partial charge in [-0.05, 0) is 28.8 Å². The molecule has 0 saturated carbocycles. The molecule has 0 aliphatic heterocycles. The van der Waals surface area contributed by atoms with E-state index in [1.807, 2.05) is 50.2 Å². The van der Waals surface area contributed by atoms with Crippen LogP contribution in [0.2, 0.25) is 0 Å². The number of fused-ring (bicyclic) bond motifs is 1. The van der Waals surface area contributed by atoms with Crippen molar-refractivity contribution in [2.75, 3.05) is 18.4 Å². The van der Waals surface area contributed by atoms with Gasteiger partial charge in [-0.25, -0.2) is 0 Å². The van der Waals surface area contributed by atoms with E-state index in [9.17, 15) is 9.59 Å². The van der Waals surface area contributed by atoms with Crippen molar-refractivity contribution in [3.63, 3.8) is 0 Å². The number of benzene rings is 2. The third kappa shape index (κ3) is 4.27. The van der Waals surface area contributed by atoms with Crippen LogP contribution in [0.3, 0.4) is 0 Å². The Labute approximate surface area is 151 Å². The molecule has 3 rings (SSSR count). The van der Waals surface area contributed by atoms with Gasteiger partial charge in [0.1, 0.15) is 12.8 Å². The lowest BCUT2D eigenvalue weighted by atomic mass is 10.1. The van der Waals surface area contributed by atoms with E-state index in [-0.39, 0.29) is 24.3 Å². The summed E-state index contributed by atoms with van der Waals surface area (Å²) < 4.78 is 4.70. The Morgan fingerprint density at radius 3 is 2.58 bits per heavy atom. The molecule has 1 N–H and O–H groups in total. The maximum Gasteiger partial charge on any atom is 0.254 e. The molecule has 6 heteroatoms. The molecule has 1 heterocycles. The molecular weight excluding hydrogens is 330 g/mol. The van der Waals surface area contributed by atoms with E-state index in [0.717, 1.165) is 10.8 Å². The molecule has 0 radical (unpaired) electrons. The van der Waals surface area contributed by atoms with E-state index in [1.54, 1.807) is 17.0 Å². The maximum absolute atomic E-state index is 13.0. The first-order chi connectivity index (χ1) is 12.5. The molecule has 2 aromatic carbocycles. The van der Waals surface area contributed by atoms with Crippen LogP contribution in [0.25, 0.3) is 10.8 Å². The summed E-state index contributed by atoms with van der Waals surface area (Å²) in [6.07, 6.45) is 1.38. The monoisotopic (exact) mass is 351 g/mol. The first-order valence-corrected chi connectivity index (χ1v) is 8.51. The smallest absolute Gasteiger partial charge is 0.254 e. The van der Waals surface area contributed by atoms with E-state index < -0.39 is 0 Å². The van der Waals surface area contributed by atoms with E-state index >= 15 is 0 Å². The fraction of sp³-hybridized carbons (Fsp3) is 0.250. The van der Waals surface area contributed by atoms with Crippen LogP contribution in [0.5, 0.6) is 0 Å². The van der Waals surface area contributed by atoms with E-state index in [4.69, 9.17) is 4.52 Å². The van der Waals surface area contributed by atoms with Gasteiger partial charge in [-0.2, -0.15) is 0 Å². The first kappa shape index (κ1) is 17.7. The van der Waals surface area contributed by atoms with Crippen LogP contribution >= 0.6 is 0 Å². The quantitative estimate of drug-likeness (QED) is 0.737. The van der Waals surface area contributed by atoms with Crippen molar-refractivity contribution < 1.29 is 14.1 Å². The van der Waals surface area contributed by atoms with Crippen LogP contribution in [-0.2, 0) is 4.79 Å². The molecule has 0 aliphatic carbocycles. The Morgan fingerprint density at radius 2 is 1.88 bits per heavy atom. The van der Waals surface area contributed by atoms with Gasteiger partial charge in [-0.1, -0.05) is 49.3 Å². The number of carbonyl (C=O) groups excluding carboxylic acids is 2. The number of nitrogens with zero attached hydrogens (tertiary/aromatic N) is 2. The molecule has 0 fully saturated rings. The van der Waals surface area contributed by atoms with Crippen LogP contribution in [0.1, 0.15) is 24.2 Å². The lowest BCUT2D eigenvalue weighted by molar-refractivity contribution is -0.117. The Balaban J connectivity index is 1.78. The summed E-state index contributed by atoms with van der Waals surface area (Å²) >= 11 is 0. The maximum atomic E-state index is 13.0. The van der Waals surface area contributed by atoms with E-state index in [1.165, 1.54) is 6.26 Å². The predicted octanol–water partition coefficient (Wildman–Crippen LogP) is 3.56. The van der Waals surface area contributed by atoms with Gasteiger partial charge >= 0.3 is 0 Å². The minimum Gasteiger partial charge on any atom is -0.363 e. The van der Waals surface area contributed by atoms with Crippen LogP contribution in [0, 0.1) is 5.92 Å². The molecule has 0 saturated heterocycles. The second-order valence-electron chi connectivity index (χ2n) is 6.57. The van der Waals surface area contributed by atoms with Crippen LogP contribution in [0.15, 0.2) is 59.3 Å². The predicted molar refractivity (Wildman–Crippen MR) is 99.8 cm³/mol. The molecule has 3 aromatic rings. The summed E-state index contributed by atoms with van der Waals surface area (Å²) in [7, 11) is 0. The molecule has 0 unspecified atom stereocenters. The summed E-state index contributed by atoms with van der Waals surface area (Å²) in [6, 6.07) is 15.0. The highest BCUT2D eigenvalue weighted by Crippen LogP contribution is 2.17. The molecule has 2 amide bonds. The van der Waals surface area contributed by atoms with Crippen molar-refractivity contribution in [2.24, 2.45) is 5.92 Å². The third-order valence-electron chi connectivity index (χ3n) is 3.91. The second-order valence-corrected chi connectivity index (χ2v) is 6.57. The minimum atomic E-state index is -0.311. The van der Waals surface area contributed by atoms with Crippen molar-refractivity contribution in [3.8, 4) is 0 Å². The second kappa shape index (κ2) is 7.82. The number of rotatable bonds is 6. The highest BCUT2D eigenvalue weighted by molar-refractivity contribution is 6.01. The Morgan fingerprint density at radius 1 is 1.12 bits per heavy atom. The Bertz CT molecular complexity index is 904. The van der Waals surface area contributed by atoms with Crippen molar-refractivity contribution in [1.82, 2.24) is 10.1 Å². The van der Waals surface area contributed by atoms with Crippen LogP contribution < -0.4 is 5.32 Å². The number of hydrogen-bond acceptors (Lipinski definition) is 4. The number of hydrogen-bond donors (Lipinski definition) is 1. The van der Waals surface area contributed by atoms with Gasteiger partial charge in [0, 0.05) is 18.2 Å². The molecule has 26 heavy (non-hydrogen) atoms. The minimum absolute atomic E-state index is 0.0449. The highest BCUT2D eigenvalue weighted by Gasteiger charge is 2.20. The molecular formula is C20H21N3O3. The third-order valence-corrected chi connectivity index (χ3v) is 3.91. The topological polar surface area (TPSA) is 75.4 Å². The average molecular weight is 351 g/mol. The Hall–Kier alpha value is -3.15. The SMILES string of the molecule is CC(C)CN(CC(=O)Nc1ccon1)C(=O)c1ccc2ccccc2c1. The Kier molecular flexibility index (Phi) is 5.31. The number of nitrogens with one attached hydrogen (secondary N) is 1. The molecule has 0 aliphatic rings. The van der Waals surface area contributed by atoms with Gasteiger partial charge in [-0.3, -0.25) is 9.59 Å². The number of carbonyl (C=O) groups is 2. The molecule has 0 bridgehead atoms. The standard InChI is InChI=1S/C20H21N3O3/c1-14(2)12-23(13-19(24)21-18-9-10-26-22-18)20(25)17-8-7-15-5-3-4-6-16(15)11-17/h3-11,14H,12-13H2,1-2H3,(H,21,22,24). The normalized spacial score (nSPS) is 10.9. The summed E-state index contributed by atoms with van der Waals surface area (Å²) in [4.78, 5) is 26.8. The van der Waals surface area contributed by atoms with Gasteiger partial charge in [0.05, 0.1) is 0 Å². The van der Waals surface area contributed by atoms with Gasteiger partial charge in [-0.15, -0.1) is 0 Å². The molecule has 134 valence electrons. The fourth-order valence-electron chi connectivity index (χ4n) is 2.80. The van der Waals surface area contributed by atoms with Crippen molar-refractivity contribution in [1.29, 1.82) is 0 Å². The first-order valence-electron chi connectivity index (χ1n) is 8.51. The summed E-state index contributed by atoms with van der Waals surface area (Å²) in [6.45, 7) is 4.46. The zero-order valence-electron chi connectivity index (χ0n) is 14.8. The zero-order chi connectivity index (χ0) is 18.5. The average Bonchev–Trinajstić information content (AvgIpc) is 3.12.